The van der Waals surface area contributed by atoms with E-state index in [0.29, 0.717) is 17.0 Å². The molecule has 0 saturated heterocycles. The Bertz CT molecular complexity index is 1030. The number of fused-ring (bicyclic) bond motifs is 1. The summed E-state index contributed by atoms with van der Waals surface area (Å²) >= 11 is 0. The number of carbonyl (C=O) groups is 1. The number of hydrogen-bond acceptors (Lipinski definition) is 5. The van der Waals surface area contributed by atoms with Gasteiger partial charge in [-0.3, -0.25) is 14.7 Å². The first-order valence-electron chi connectivity index (χ1n) is 8.19. The van der Waals surface area contributed by atoms with Gasteiger partial charge in [0, 0.05) is 28.8 Å². The molecule has 1 aliphatic rings. The number of hydrogen-bond donors (Lipinski definition) is 2. The fourth-order valence-electron chi connectivity index (χ4n) is 3.33. The van der Waals surface area contributed by atoms with Crippen LogP contribution in [-0.4, -0.2) is 28.3 Å². The molecule has 0 fully saturated rings. The van der Waals surface area contributed by atoms with Crippen LogP contribution in [0.1, 0.15) is 29.2 Å². The minimum absolute atomic E-state index is 0.0851. The average molecular weight is 351 g/mol. The standard InChI is InChI=1S/C19H17N3O4/c1-10-7-15-17(19(24)21-10)13(8-16(23)26-15)14-9-20-22-18(14)11-3-5-12(25-2)6-4-11/h3-7,9,13H,8H2,1-2H3,(H,20,22)(H,21,24). The van der Waals surface area contributed by atoms with Crippen molar-refractivity contribution >= 4 is 5.97 Å². The Morgan fingerprint density at radius 3 is 2.73 bits per heavy atom. The van der Waals surface area contributed by atoms with Crippen molar-refractivity contribution in [3.63, 3.8) is 0 Å². The van der Waals surface area contributed by atoms with Crippen LogP contribution in [0.4, 0.5) is 0 Å². The molecule has 2 N–H and O–H groups in total. The first-order valence-corrected chi connectivity index (χ1v) is 8.19. The number of pyridine rings is 1. The molecule has 2 aromatic heterocycles. The zero-order valence-corrected chi connectivity index (χ0v) is 14.3. The van der Waals surface area contributed by atoms with Crippen LogP contribution in [0, 0.1) is 6.92 Å². The van der Waals surface area contributed by atoms with Gasteiger partial charge in [0.2, 0.25) is 0 Å². The SMILES string of the molecule is COc1ccc(-c2[nH]ncc2C2CC(=O)Oc3cc(C)[nH]c(=O)c32)cc1. The van der Waals surface area contributed by atoms with Crippen LogP contribution in [0.2, 0.25) is 0 Å². The summed E-state index contributed by atoms with van der Waals surface area (Å²) in [5.41, 5.74) is 3.28. The van der Waals surface area contributed by atoms with E-state index in [1.54, 1.807) is 26.3 Å². The van der Waals surface area contributed by atoms with E-state index in [-0.39, 0.29) is 17.9 Å². The van der Waals surface area contributed by atoms with Gasteiger partial charge in [-0.05, 0) is 31.2 Å². The van der Waals surface area contributed by atoms with Gasteiger partial charge in [-0.25, -0.2) is 0 Å². The number of ether oxygens (including phenoxy) is 2. The molecule has 0 amide bonds. The Morgan fingerprint density at radius 2 is 2.00 bits per heavy atom. The van der Waals surface area contributed by atoms with Gasteiger partial charge in [-0.1, -0.05) is 0 Å². The monoisotopic (exact) mass is 351 g/mol. The normalized spacial score (nSPS) is 16.1. The first kappa shape index (κ1) is 16.1. The third kappa shape index (κ3) is 2.67. The Labute approximate surface area is 149 Å². The molecule has 1 unspecified atom stereocenters. The molecular formula is C19H17N3O4. The maximum atomic E-state index is 12.5. The number of methoxy groups -OCH3 is 1. The highest BCUT2D eigenvalue weighted by atomic mass is 16.5. The van der Waals surface area contributed by atoms with Crippen molar-refractivity contribution in [1.82, 2.24) is 15.2 Å². The average Bonchev–Trinajstić information content (AvgIpc) is 3.10. The third-order valence-corrected chi connectivity index (χ3v) is 4.53. The van der Waals surface area contributed by atoms with Gasteiger partial charge in [-0.2, -0.15) is 5.10 Å². The van der Waals surface area contributed by atoms with Crippen molar-refractivity contribution in [3.05, 3.63) is 63.7 Å². The van der Waals surface area contributed by atoms with Crippen molar-refractivity contribution in [2.45, 2.75) is 19.3 Å². The number of aromatic nitrogens is 3. The second-order valence-corrected chi connectivity index (χ2v) is 6.22. The smallest absolute Gasteiger partial charge is 0.312 e. The predicted molar refractivity (Wildman–Crippen MR) is 94.5 cm³/mol. The number of rotatable bonds is 3. The lowest BCUT2D eigenvalue weighted by atomic mass is 9.86. The summed E-state index contributed by atoms with van der Waals surface area (Å²) in [6.07, 6.45) is 1.74. The molecule has 0 saturated carbocycles. The second-order valence-electron chi connectivity index (χ2n) is 6.22. The lowest BCUT2D eigenvalue weighted by Crippen LogP contribution is -2.28. The third-order valence-electron chi connectivity index (χ3n) is 4.53. The van der Waals surface area contributed by atoms with Crippen LogP contribution in [0.5, 0.6) is 11.5 Å². The van der Waals surface area contributed by atoms with E-state index in [1.165, 1.54) is 0 Å². The molecule has 0 bridgehead atoms. The van der Waals surface area contributed by atoms with Crippen LogP contribution in [-0.2, 0) is 4.79 Å². The van der Waals surface area contributed by atoms with Crippen LogP contribution < -0.4 is 15.0 Å². The molecule has 4 rings (SSSR count). The zero-order chi connectivity index (χ0) is 18.3. The largest absolute Gasteiger partial charge is 0.497 e. The summed E-state index contributed by atoms with van der Waals surface area (Å²) in [6.45, 7) is 1.75. The molecule has 0 aliphatic carbocycles. The molecule has 0 radical (unpaired) electrons. The second kappa shape index (κ2) is 6.18. The summed E-state index contributed by atoms with van der Waals surface area (Å²) in [4.78, 5) is 27.4. The van der Waals surface area contributed by atoms with E-state index in [2.05, 4.69) is 15.2 Å². The number of esters is 1. The van der Waals surface area contributed by atoms with Gasteiger partial charge in [0.25, 0.3) is 5.56 Å². The number of aryl methyl sites for hydroxylation is 1. The Hall–Kier alpha value is -3.35. The minimum atomic E-state index is -0.425. The highest BCUT2D eigenvalue weighted by molar-refractivity contribution is 5.79. The van der Waals surface area contributed by atoms with E-state index in [9.17, 15) is 9.59 Å². The molecule has 1 atom stereocenters. The van der Waals surface area contributed by atoms with Crippen LogP contribution in [0.3, 0.4) is 0 Å². The zero-order valence-electron chi connectivity index (χ0n) is 14.3. The number of nitrogens with zero attached hydrogens (tertiary/aromatic N) is 1. The van der Waals surface area contributed by atoms with Gasteiger partial charge < -0.3 is 14.5 Å². The van der Waals surface area contributed by atoms with Gasteiger partial charge in [0.15, 0.2) is 0 Å². The van der Waals surface area contributed by atoms with E-state index >= 15 is 0 Å². The molecular weight excluding hydrogens is 334 g/mol. The lowest BCUT2D eigenvalue weighted by Gasteiger charge is -2.24. The van der Waals surface area contributed by atoms with E-state index in [4.69, 9.17) is 9.47 Å². The Balaban J connectivity index is 1.84. The van der Waals surface area contributed by atoms with Gasteiger partial charge in [-0.15, -0.1) is 0 Å². The van der Waals surface area contributed by atoms with Gasteiger partial charge >= 0.3 is 5.97 Å². The number of H-pyrrole nitrogens is 2. The summed E-state index contributed by atoms with van der Waals surface area (Å²) in [7, 11) is 1.61. The van der Waals surface area contributed by atoms with Gasteiger partial charge in [0.1, 0.15) is 11.5 Å². The Kier molecular flexibility index (Phi) is 3.84. The fourth-order valence-corrected chi connectivity index (χ4v) is 3.33. The van der Waals surface area contributed by atoms with Crippen molar-refractivity contribution < 1.29 is 14.3 Å². The van der Waals surface area contributed by atoms with Crippen molar-refractivity contribution in [2.75, 3.05) is 7.11 Å². The molecule has 7 heteroatoms. The molecule has 0 spiro atoms. The van der Waals surface area contributed by atoms with E-state index in [1.807, 2.05) is 24.3 Å². The Morgan fingerprint density at radius 1 is 1.23 bits per heavy atom. The van der Waals surface area contributed by atoms with Crippen LogP contribution in [0.15, 0.2) is 41.3 Å². The number of aromatic amines is 2. The van der Waals surface area contributed by atoms with Gasteiger partial charge in [0.05, 0.1) is 31.0 Å². The van der Waals surface area contributed by atoms with Crippen molar-refractivity contribution in [2.24, 2.45) is 0 Å². The summed E-state index contributed by atoms with van der Waals surface area (Å²) in [5, 5.41) is 7.12. The maximum Gasteiger partial charge on any atom is 0.312 e. The highest BCUT2D eigenvalue weighted by Gasteiger charge is 2.33. The molecule has 132 valence electrons. The molecule has 26 heavy (non-hydrogen) atoms. The van der Waals surface area contributed by atoms with E-state index in [0.717, 1.165) is 22.6 Å². The topological polar surface area (TPSA) is 97.1 Å². The molecule has 3 heterocycles. The lowest BCUT2D eigenvalue weighted by molar-refractivity contribution is -0.135. The van der Waals surface area contributed by atoms with E-state index < -0.39 is 5.92 Å². The first-order chi connectivity index (χ1) is 12.6. The molecule has 1 aromatic carbocycles. The minimum Gasteiger partial charge on any atom is -0.497 e. The predicted octanol–water partition coefficient (Wildman–Crippen LogP) is 2.52. The van der Waals surface area contributed by atoms with Crippen LogP contribution in [0.25, 0.3) is 11.3 Å². The molecule has 7 nitrogen and oxygen atoms in total. The molecule has 3 aromatic rings. The summed E-state index contributed by atoms with van der Waals surface area (Å²) in [6, 6.07) is 9.17. The number of nitrogens with one attached hydrogen (secondary N) is 2. The molecule has 1 aliphatic heterocycles. The van der Waals surface area contributed by atoms with Crippen LogP contribution >= 0.6 is 0 Å². The number of carbonyl (C=O) groups excluding carboxylic acids is 1. The summed E-state index contributed by atoms with van der Waals surface area (Å²) < 4.78 is 10.5. The van der Waals surface area contributed by atoms with Crippen molar-refractivity contribution in [1.29, 1.82) is 0 Å². The van der Waals surface area contributed by atoms with Crippen molar-refractivity contribution in [3.8, 4) is 22.8 Å². The maximum absolute atomic E-state index is 12.5. The number of benzene rings is 1. The summed E-state index contributed by atoms with van der Waals surface area (Å²) in [5.74, 6) is 0.267. The highest BCUT2D eigenvalue weighted by Crippen LogP contribution is 2.40. The quantitative estimate of drug-likeness (QED) is 0.707. The fraction of sp³-hybridized carbons (Fsp3) is 0.211.